The Morgan fingerprint density at radius 3 is 2.45 bits per heavy atom. The average molecular weight is 159 g/mol. The molecule has 1 N–H and O–H groups in total. The summed E-state index contributed by atoms with van der Waals surface area (Å²) >= 11 is 0. The van der Waals surface area contributed by atoms with E-state index in [-0.39, 0.29) is 12.0 Å². The van der Waals surface area contributed by atoms with Crippen LogP contribution in [0.15, 0.2) is 0 Å². The summed E-state index contributed by atoms with van der Waals surface area (Å²) in [6.45, 7) is 4.08. The molecule has 66 valence electrons. The number of carbonyl (C=O) groups excluding carboxylic acids is 1. The van der Waals surface area contributed by atoms with Crippen LogP contribution < -0.4 is 5.32 Å². The fraction of sp³-hybridized carbons (Fsp3) is 0.875. The van der Waals surface area contributed by atoms with E-state index in [2.05, 4.69) is 17.0 Å². The van der Waals surface area contributed by atoms with Crippen molar-refractivity contribution < 1.29 is 9.53 Å². The van der Waals surface area contributed by atoms with Gasteiger partial charge in [0.25, 0.3) is 0 Å². The van der Waals surface area contributed by atoms with E-state index >= 15 is 0 Å². The Hall–Kier alpha value is -0.570. The molecule has 0 spiro atoms. The smallest absolute Gasteiger partial charge is 0.323 e. The fourth-order valence-corrected chi connectivity index (χ4v) is 0.997. The molecule has 0 aromatic carbocycles. The lowest BCUT2D eigenvalue weighted by molar-refractivity contribution is -0.144. The second kappa shape index (κ2) is 5.13. The molecule has 0 unspecified atom stereocenters. The lowest BCUT2D eigenvalue weighted by Crippen LogP contribution is -2.40. The first-order chi connectivity index (χ1) is 5.17. The van der Waals surface area contributed by atoms with Gasteiger partial charge in [0.1, 0.15) is 6.04 Å². The molecule has 11 heavy (non-hydrogen) atoms. The van der Waals surface area contributed by atoms with E-state index in [0.717, 1.165) is 6.42 Å². The Morgan fingerprint density at radius 2 is 2.18 bits per heavy atom. The van der Waals surface area contributed by atoms with Crippen LogP contribution in [0.2, 0.25) is 0 Å². The molecule has 0 saturated carbocycles. The molecule has 0 saturated heterocycles. The SMILES string of the molecule is CC[C@H](C)[C@H](NC)C(=O)OC. The van der Waals surface area contributed by atoms with Gasteiger partial charge in [-0.1, -0.05) is 20.3 Å². The molecule has 0 aliphatic heterocycles. The van der Waals surface area contributed by atoms with Crippen LogP contribution in [0, 0.1) is 5.92 Å². The zero-order chi connectivity index (χ0) is 8.85. The Morgan fingerprint density at radius 1 is 1.64 bits per heavy atom. The second-order valence-electron chi connectivity index (χ2n) is 2.68. The molecule has 0 heterocycles. The monoisotopic (exact) mass is 159 g/mol. The molecule has 0 aliphatic rings. The van der Waals surface area contributed by atoms with Gasteiger partial charge in [0.05, 0.1) is 7.11 Å². The lowest BCUT2D eigenvalue weighted by Gasteiger charge is -2.19. The minimum atomic E-state index is -0.179. The fourth-order valence-electron chi connectivity index (χ4n) is 0.997. The van der Waals surface area contributed by atoms with E-state index in [1.54, 1.807) is 7.05 Å². The lowest BCUT2D eigenvalue weighted by atomic mass is 10.00. The number of methoxy groups -OCH3 is 1. The maximum atomic E-state index is 11.1. The Bertz CT molecular complexity index is 125. The van der Waals surface area contributed by atoms with Gasteiger partial charge < -0.3 is 10.1 Å². The number of likely N-dealkylation sites (N-methyl/N-ethyl adjacent to an activating group) is 1. The van der Waals surface area contributed by atoms with Crippen LogP contribution in [0.1, 0.15) is 20.3 Å². The molecule has 0 rings (SSSR count). The molecule has 0 radical (unpaired) electrons. The predicted molar refractivity (Wildman–Crippen MR) is 44.3 cm³/mol. The topological polar surface area (TPSA) is 38.3 Å². The van der Waals surface area contributed by atoms with Crippen molar-refractivity contribution in [3.8, 4) is 0 Å². The van der Waals surface area contributed by atoms with E-state index in [0.29, 0.717) is 5.92 Å². The summed E-state index contributed by atoms with van der Waals surface area (Å²) < 4.78 is 4.62. The highest BCUT2D eigenvalue weighted by molar-refractivity contribution is 5.75. The van der Waals surface area contributed by atoms with Crippen LogP contribution in [0.25, 0.3) is 0 Å². The van der Waals surface area contributed by atoms with Crippen LogP contribution in [0.5, 0.6) is 0 Å². The normalized spacial score (nSPS) is 15.6. The van der Waals surface area contributed by atoms with Crippen LogP contribution in [0.4, 0.5) is 0 Å². The van der Waals surface area contributed by atoms with E-state index in [4.69, 9.17) is 0 Å². The van der Waals surface area contributed by atoms with E-state index in [1.807, 2.05) is 6.92 Å². The molecule has 3 nitrogen and oxygen atoms in total. The van der Waals surface area contributed by atoms with Gasteiger partial charge in [0.2, 0.25) is 0 Å². The molecule has 0 fully saturated rings. The quantitative estimate of drug-likeness (QED) is 0.616. The molecule has 0 amide bonds. The van der Waals surface area contributed by atoms with Crippen LogP contribution in [-0.2, 0) is 9.53 Å². The third kappa shape index (κ3) is 2.89. The summed E-state index contributed by atoms with van der Waals surface area (Å²) in [5.74, 6) is 0.148. The van der Waals surface area contributed by atoms with E-state index in [1.165, 1.54) is 7.11 Å². The average Bonchev–Trinajstić information content (AvgIpc) is 2.05. The van der Waals surface area contributed by atoms with Crippen molar-refractivity contribution in [3.05, 3.63) is 0 Å². The van der Waals surface area contributed by atoms with Gasteiger partial charge in [0.15, 0.2) is 0 Å². The summed E-state index contributed by atoms with van der Waals surface area (Å²) in [6, 6.07) is -0.162. The number of hydrogen-bond acceptors (Lipinski definition) is 3. The zero-order valence-corrected chi connectivity index (χ0v) is 7.68. The van der Waals surface area contributed by atoms with E-state index < -0.39 is 0 Å². The summed E-state index contributed by atoms with van der Waals surface area (Å²) in [5.41, 5.74) is 0. The maximum Gasteiger partial charge on any atom is 0.323 e. The Balaban J connectivity index is 4.03. The van der Waals surface area contributed by atoms with Crippen LogP contribution in [0.3, 0.4) is 0 Å². The third-order valence-corrected chi connectivity index (χ3v) is 1.98. The maximum absolute atomic E-state index is 11.1. The van der Waals surface area contributed by atoms with Gasteiger partial charge >= 0.3 is 5.97 Å². The van der Waals surface area contributed by atoms with E-state index in [9.17, 15) is 4.79 Å². The highest BCUT2D eigenvalue weighted by Gasteiger charge is 2.22. The number of rotatable bonds is 4. The van der Waals surface area contributed by atoms with Gasteiger partial charge in [-0.05, 0) is 13.0 Å². The molecule has 0 aliphatic carbocycles. The highest BCUT2D eigenvalue weighted by Crippen LogP contribution is 2.07. The number of nitrogens with one attached hydrogen (secondary N) is 1. The number of esters is 1. The Labute approximate surface area is 68.1 Å². The number of hydrogen-bond donors (Lipinski definition) is 1. The second-order valence-corrected chi connectivity index (χ2v) is 2.68. The molecule has 0 aromatic rings. The van der Waals surface area contributed by atoms with Gasteiger partial charge in [0, 0.05) is 0 Å². The van der Waals surface area contributed by atoms with Gasteiger partial charge in [-0.25, -0.2) is 0 Å². The zero-order valence-electron chi connectivity index (χ0n) is 7.68. The van der Waals surface area contributed by atoms with Gasteiger partial charge in [-0.3, -0.25) is 4.79 Å². The summed E-state index contributed by atoms with van der Waals surface area (Å²) in [7, 11) is 3.18. The Kier molecular flexibility index (Phi) is 4.86. The minimum Gasteiger partial charge on any atom is -0.468 e. The van der Waals surface area contributed by atoms with Crippen molar-refractivity contribution in [2.45, 2.75) is 26.3 Å². The van der Waals surface area contributed by atoms with Gasteiger partial charge in [-0.15, -0.1) is 0 Å². The molecular weight excluding hydrogens is 142 g/mol. The first-order valence-electron chi connectivity index (χ1n) is 3.92. The van der Waals surface area contributed by atoms with Gasteiger partial charge in [-0.2, -0.15) is 0 Å². The summed E-state index contributed by atoms with van der Waals surface area (Å²) in [5, 5.41) is 2.93. The standard InChI is InChI=1S/C8H17NO2/c1-5-6(2)7(9-3)8(10)11-4/h6-7,9H,5H2,1-4H3/t6-,7-/m0/s1. The minimum absolute atomic E-state index is 0.162. The molecule has 3 heteroatoms. The largest absolute Gasteiger partial charge is 0.468 e. The van der Waals surface area contributed by atoms with Crippen molar-refractivity contribution in [2.24, 2.45) is 5.92 Å². The molecule has 0 aromatic heterocycles. The highest BCUT2D eigenvalue weighted by atomic mass is 16.5. The van der Waals surface area contributed by atoms with Crippen molar-refractivity contribution in [3.63, 3.8) is 0 Å². The molecular formula is C8H17NO2. The number of ether oxygens (including phenoxy) is 1. The van der Waals surface area contributed by atoms with Crippen molar-refractivity contribution in [2.75, 3.05) is 14.2 Å². The summed E-state index contributed by atoms with van der Waals surface area (Å²) in [4.78, 5) is 11.1. The molecule has 0 bridgehead atoms. The van der Waals surface area contributed by atoms with Crippen LogP contribution in [-0.4, -0.2) is 26.2 Å². The first kappa shape index (κ1) is 10.4. The number of carbonyl (C=O) groups is 1. The predicted octanol–water partition coefficient (Wildman–Crippen LogP) is 0.793. The molecule has 2 atom stereocenters. The third-order valence-electron chi connectivity index (χ3n) is 1.98. The van der Waals surface area contributed by atoms with Crippen LogP contribution >= 0.6 is 0 Å². The summed E-state index contributed by atoms with van der Waals surface area (Å²) in [6.07, 6.45) is 0.973. The van der Waals surface area contributed by atoms with Crippen molar-refractivity contribution >= 4 is 5.97 Å². The first-order valence-corrected chi connectivity index (χ1v) is 3.92. The van der Waals surface area contributed by atoms with Crippen molar-refractivity contribution in [1.82, 2.24) is 5.32 Å². The van der Waals surface area contributed by atoms with Crippen molar-refractivity contribution in [1.29, 1.82) is 0 Å².